The molecular formula is C21H22O7. The van der Waals surface area contributed by atoms with Crippen molar-refractivity contribution in [1.82, 2.24) is 0 Å². The first-order valence-corrected chi connectivity index (χ1v) is 8.99. The molecule has 1 aliphatic carbocycles. The van der Waals surface area contributed by atoms with Crippen LogP contribution in [-0.2, 0) is 16.0 Å². The minimum Gasteiger partial charge on any atom is -0.504 e. The third kappa shape index (κ3) is 2.69. The normalized spacial score (nSPS) is 22.8. The summed E-state index contributed by atoms with van der Waals surface area (Å²) in [5, 5.41) is 20.5. The van der Waals surface area contributed by atoms with Gasteiger partial charge in [-0.15, -0.1) is 0 Å². The van der Waals surface area contributed by atoms with E-state index in [1.165, 1.54) is 21.3 Å². The van der Waals surface area contributed by atoms with E-state index in [-0.39, 0.29) is 46.7 Å². The molecule has 148 valence electrons. The monoisotopic (exact) mass is 386 g/mol. The summed E-state index contributed by atoms with van der Waals surface area (Å²) in [7, 11) is 4.40. The van der Waals surface area contributed by atoms with E-state index in [1.54, 1.807) is 24.3 Å². The minimum absolute atomic E-state index is 0.00332. The number of cyclic esters (lactones) is 1. The third-order valence-electron chi connectivity index (χ3n) is 5.70. The summed E-state index contributed by atoms with van der Waals surface area (Å²) in [6.07, 6.45) is 0.631. The fraction of sp³-hybridized carbons (Fsp3) is 0.381. The highest BCUT2D eigenvalue weighted by atomic mass is 16.5. The van der Waals surface area contributed by atoms with Gasteiger partial charge in [0.05, 0.1) is 33.9 Å². The number of phenolic OH excluding ortho intramolecular Hbond substituents is 2. The van der Waals surface area contributed by atoms with Crippen LogP contribution in [0.1, 0.15) is 22.6 Å². The lowest BCUT2D eigenvalue weighted by Gasteiger charge is -2.34. The van der Waals surface area contributed by atoms with Gasteiger partial charge in [-0.3, -0.25) is 4.79 Å². The average molecular weight is 386 g/mol. The van der Waals surface area contributed by atoms with Gasteiger partial charge in [0, 0.05) is 11.8 Å². The smallest absolute Gasteiger partial charge is 0.310 e. The summed E-state index contributed by atoms with van der Waals surface area (Å²) < 4.78 is 21.2. The predicted octanol–water partition coefficient (Wildman–Crippen LogP) is 2.60. The van der Waals surface area contributed by atoms with Crippen molar-refractivity contribution in [2.45, 2.75) is 12.3 Å². The first kappa shape index (κ1) is 18.3. The maximum atomic E-state index is 12.6. The quantitative estimate of drug-likeness (QED) is 0.780. The summed E-state index contributed by atoms with van der Waals surface area (Å²) in [6, 6.07) is 6.87. The van der Waals surface area contributed by atoms with E-state index in [9.17, 15) is 15.0 Å². The first-order valence-electron chi connectivity index (χ1n) is 8.99. The van der Waals surface area contributed by atoms with Crippen LogP contribution in [0.5, 0.6) is 28.7 Å². The number of carbonyl (C=O) groups is 1. The highest BCUT2D eigenvalue weighted by molar-refractivity contribution is 5.78. The molecule has 2 aliphatic rings. The summed E-state index contributed by atoms with van der Waals surface area (Å²) in [5.74, 6) is -0.149. The van der Waals surface area contributed by atoms with Crippen LogP contribution in [0.2, 0.25) is 0 Å². The number of hydrogen-bond donors (Lipinski definition) is 2. The maximum absolute atomic E-state index is 12.6. The van der Waals surface area contributed by atoms with Crippen LogP contribution < -0.4 is 14.2 Å². The van der Waals surface area contributed by atoms with Crippen molar-refractivity contribution >= 4 is 5.97 Å². The highest BCUT2D eigenvalue weighted by Crippen LogP contribution is 2.51. The van der Waals surface area contributed by atoms with Gasteiger partial charge in [-0.2, -0.15) is 0 Å². The Kier molecular flexibility index (Phi) is 4.45. The van der Waals surface area contributed by atoms with E-state index in [2.05, 4.69) is 0 Å². The molecule has 0 saturated carbocycles. The molecule has 0 amide bonds. The molecule has 0 unspecified atom stereocenters. The Morgan fingerprint density at radius 3 is 2.21 bits per heavy atom. The predicted molar refractivity (Wildman–Crippen MR) is 99.4 cm³/mol. The Balaban J connectivity index is 1.95. The molecule has 28 heavy (non-hydrogen) atoms. The van der Waals surface area contributed by atoms with Gasteiger partial charge < -0.3 is 29.2 Å². The third-order valence-corrected chi connectivity index (χ3v) is 5.70. The van der Waals surface area contributed by atoms with Crippen LogP contribution in [0.4, 0.5) is 0 Å². The van der Waals surface area contributed by atoms with Crippen molar-refractivity contribution in [2.75, 3.05) is 27.9 Å². The molecule has 0 aromatic heterocycles. The Labute approximate surface area is 162 Å². The maximum Gasteiger partial charge on any atom is 0.310 e. The van der Waals surface area contributed by atoms with Crippen LogP contribution in [-0.4, -0.2) is 44.1 Å². The Hall–Kier alpha value is -3.09. The number of fused-ring (bicyclic) bond motifs is 2. The zero-order valence-corrected chi connectivity index (χ0v) is 15.9. The van der Waals surface area contributed by atoms with Gasteiger partial charge in [-0.25, -0.2) is 0 Å². The molecule has 3 atom stereocenters. The number of aromatic hydroxyl groups is 2. The molecular weight excluding hydrogens is 364 g/mol. The number of esters is 1. The van der Waals surface area contributed by atoms with Gasteiger partial charge in [-0.1, -0.05) is 0 Å². The number of methoxy groups -OCH3 is 3. The van der Waals surface area contributed by atoms with Gasteiger partial charge in [0.25, 0.3) is 0 Å². The lowest BCUT2D eigenvalue weighted by Crippen LogP contribution is -2.31. The van der Waals surface area contributed by atoms with Crippen LogP contribution >= 0.6 is 0 Å². The molecule has 7 heteroatoms. The molecule has 2 aromatic carbocycles. The van der Waals surface area contributed by atoms with Crippen LogP contribution in [0.25, 0.3) is 0 Å². The first-order chi connectivity index (χ1) is 13.5. The second kappa shape index (κ2) is 6.82. The molecule has 1 saturated heterocycles. The topological polar surface area (TPSA) is 94.5 Å². The SMILES string of the molecule is COc1cc2c(cc1O)C[C@@H]1COC(=O)[C@H]1[C@@H]2c1cc(OC)c(O)c(OC)c1. The van der Waals surface area contributed by atoms with Crippen LogP contribution in [0.3, 0.4) is 0 Å². The summed E-state index contributed by atoms with van der Waals surface area (Å²) in [6.45, 7) is 0.346. The number of phenols is 2. The fourth-order valence-corrected chi connectivity index (χ4v) is 4.39. The average Bonchev–Trinajstić information content (AvgIpc) is 3.06. The molecule has 2 aromatic rings. The molecule has 1 aliphatic heterocycles. The van der Waals surface area contributed by atoms with Gasteiger partial charge in [-0.05, 0) is 47.4 Å². The summed E-state index contributed by atoms with van der Waals surface area (Å²) in [5.41, 5.74) is 2.58. The second-order valence-electron chi connectivity index (χ2n) is 7.09. The Morgan fingerprint density at radius 1 is 0.964 bits per heavy atom. The summed E-state index contributed by atoms with van der Waals surface area (Å²) >= 11 is 0. The van der Waals surface area contributed by atoms with Gasteiger partial charge in [0.1, 0.15) is 0 Å². The van der Waals surface area contributed by atoms with Gasteiger partial charge in [0.2, 0.25) is 5.75 Å². The lowest BCUT2D eigenvalue weighted by atomic mass is 9.67. The molecule has 1 fully saturated rings. The lowest BCUT2D eigenvalue weighted by molar-refractivity contribution is -0.141. The number of benzene rings is 2. The van der Waals surface area contributed by atoms with Crippen LogP contribution in [0.15, 0.2) is 24.3 Å². The van der Waals surface area contributed by atoms with E-state index < -0.39 is 0 Å². The largest absolute Gasteiger partial charge is 0.504 e. The van der Waals surface area contributed by atoms with E-state index >= 15 is 0 Å². The molecule has 7 nitrogen and oxygen atoms in total. The van der Waals surface area contributed by atoms with Crippen molar-refractivity contribution in [3.63, 3.8) is 0 Å². The standard InChI is InChI=1S/C21H22O7/c1-25-15-8-13-10(5-14(15)22)4-12-9-28-21(24)19(12)18(13)11-6-16(26-2)20(23)17(7-11)27-3/h5-8,12,18-19,22-23H,4,9H2,1-3H3/t12-,18-,19-/m1/s1. The number of rotatable bonds is 4. The zero-order valence-electron chi connectivity index (χ0n) is 15.9. The summed E-state index contributed by atoms with van der Waals surface area (Å²) in [4.78, 5) is 12.6. The van der Waals surface area contributed by atoms with Crippen molar-refractivity contribution in [2.24, 2.45) is 11.8 Å². The number of carbonyl (C=O) groups excluding carboxylic acids is 1. The zero-order chi connectivity index (χ0) is 20.0. The van der Waals surface area contributed by atoms with E-state index in [0.717, 1.165) is 16.7 Å². The minimum atomic E-state index is -0.374. The highest BCUT2D eigenvalue weighted by Gasteiger charge is 2.48. The molecule has 0 bridgehead atoms. The number of hydrogen-bond acceptors (Lipinski definition) is 7. The van der Waals surface area contributed by atoms with Crippen molar-refractivity contribution in [3.8, 4) is 28.7 Å². The van der Waals surface area contributed by atoms with Crippen molar-refractivity contribution < 1.29 is 34.0 Å². The van der Waals surface area contributed by atoms with Crippen molar-refractivity contribution in [3.05, 3.63) is 41.0 Å². The Bertz CT molecular complexity index is 912. The molecule has 0 spiro atoms. The van der Waals surface area contributed by atoms with E-state index in [1.807, 2.05) is 0 Å². The molecule has 0 radical (unpaired) electrons. The number of ether oxygens (including phenoxy) is 4. The molecule has 2 N–H and O–H groups in total. The fourth-order valence-electron chi connectivity index (χ4n) is 4.39. The molecule has 4 rings (SSSR count). The second-order valence-corrected chi connectivity index (χ2v) is 7.09. The van der Waals surface area contributed by atoms with E-state index in [0.29, 0.717) is 18.8 Å². The Morgan fingerprint density at radius 2 is 1.61 bits per heavy atom. The van der Waals surface area contributed by atoms with E-state index in [4.69, 9.17) is 18.9 Å². The van der Waals surface area contributed by atoms with Gasteiger partial charge >= 0.3 is 5.97 Å². The molecule has 1 heterocycles. The van der Waals surface area contributed by atoms with Crippen LogP contribution in [0, 0.1) is 11.8 Å². The van der Waals surface area contributed by atoms with Gasteiger partial charge in [0.15, 0.2) is 23.0 Å². The van der Waals surface area contributed by atoms with Crippen molar-refractivity contribution in [1.29, 1.82) is 0 Å².